The molecule has 2 rings (SSSR count). The number of carbonyl (C=O) groups excluding carboxylic acids is 3. The number of anilines is 1. The van der Waals surface area contributed by atoms with Crippen LogP contribution in [-0.2, 0) is 9.53 Å². The molecule has 0 aliphatic rings. The topological polar surface area (TPSA) is 119 Å². The van der Waals surface area contributed by atoms with Gasteiger partial charge in [0.2, 0.25) is 5.91 Å². The molecule has 0 aromatic heterocycles. The number of carbonyl (C=O) groups is 3. The van der Waals surface area contributed by atoms with Crippen molar-refractivity contribution in [3.05, 3.63) is 68.7 Å². The Bertz CT molecular complexity index is 963. The van der Waals surface area contributed by atoms with E-state index in [1.807, 2.05) is 0 Å². The second-order valence-electron chi connectivity index (χ2n) is 5.97. The van der Waals surface area contributed by atoms with E-state index in [4.69, 9.17) is 16.3 Å². The number of ether oxygens (including phenoxy) is 1. The fraction of sp³-hybridized carbons (Fsp3) is 0.211. The van der Waals surface area contributed by atoms with Gasteiger partial charge in [0.05, 0.1) is 23.6 Å². The van der Waals surface area contributed by atoms with Gasteiger partial charge in [-0.1, -0.05) is 17.7 Å². The minimum absolute atomic E-state index is 0.0778. The third kappa shape index (κ3) is 6.01. The SMILES string of the molecule is CCOC(=O)c1cc(C(=O)N(C)CC(=O)Nc2cccc(Cl)c2)cc([N+](=O)[O-])c1. The molecule has 0 aliphatic carbocycles. The maximum Gasteiger partial charge on any atom is 0.338 e. The van der Waals surface area contributed by atoms with Gasteiger partial charge in [-0.15, -0.1) is 0 Å². The Morgan fingerprint density at radius 2 is 1.86 bits per heavy atom. The van der Waals surface area contributed by atoms with Crippen molar-refractivity contribution in [2.45, 2.75) is 6.92 Å². The Hall–Kier alpha value is -3.46. The van der Waals surface area contributed by atoms with E-state index in [-0.39, 0.29) is 24.3 Å². The minimum atomic E-state index is -0.786. The zero-order valence-corrected chi connectivity index (χ0v) is 16.4. The molecular weight excluding hydrogens is 402 g/mol. The number of amides is 2. The maximum atomic E-state index is 12.6. The molecule has 152 valence electrons. The Balaban J connectivity index is 2.17. The second kappa shape index (κ2) is 9.65. The molecule has 0 saturated carbocycles. The smallest absolute Gasteiger partial charge is 0.338 e. The fourth-order valence-corrected chi connectivity index (χ4v) is 2.64. The first kappa shape index (κ1) is 21.8. The van der Waals surface area contributed by atoms with Gasteiger partial charge in [-0.05, 0) is 31.2 Å². The zero-order chi connectivity index (χ0) is 21.6. The predicted molar refractivity (Wildman–Crippen MR) is 106 cm³/mol. The van der Waals surface area contributed by atoms with Gasteiger partial charge in [0.15, 0.2) is 0 Å². The molecule has 0 heterocycles. The summed E-state index contributed by atoms with van der Waals surface area (Å²) >= 11 is 5.86. The van der Waals surface area contributed by atoms with Crippen LogP contribution in [0.3, 0.4) is 0 Å². The highest BCUT2D eigenvalue weighted by Gasteiger charge is 2.22. The van der Waals surface area contributed by atoms with Crippen LogP contribution in [0.15, 0.2) is 42.5 Å². The summed E-state index contributed by atoms with van der Waals surface area (Å²) in [7, 11) is 1.36. The van der Waals surface area contributed by atoms with Crippen molar-refractivity contribution >= 4 is 40.8 Å². The highest BCUT2D eigenvalue weighted by atomic mass is 35.5. The van der Waals surface area contributed by atoms with Crippen molar-refractivity contribution in [2.24, 2.45) is 0 Å². The van der Waals surface area contributed by atoms with Gasteiger partial charge in [0, 0.05) is 35.5 Å². The van der Waals surface area contributed by atoms with Crippen LogP contribution >= 0.6 is 11.6 Å². The first-order valence-electron chi connectivity index (χ1n) is 8.48. The summed E-state index contributed by atoms with van der Waals surface area (Å²) in [6.07, 6.45) is 0. The number of nitrogens with one attached hydrogen (secondary N) is 1. The van der Waals surface area contributed by atoms with Crippen molar-refractivity contribution in [3.63, 3.8) is 0 Å². The second-order valence-corrected chi connectivity index (χ2v) is 6.40. The van der Waals surface area contributed by atoms with Crippen molar-refractivity contribution in [3.8, 4) is 0 Å². The van der Waals surface area contributed by atoms with E-state index in [1.54, 1.807) is 31.2 Å². The molecule has 2 amide bonds. The first-order valence-corrected chi connectivity index (χ1v) is 8.86. The molecule has 0 atom stereocenters. The largest absolute Gasteiger partial charge is 0.462 e. The number of nitro benzene ring substituents is 1. The standard InChI is InChI=1S/C19H18ClN3O6/c1-3-29-19(26)13-7-12(8-16(9-13)23(27)28)18(25)22(2)11-17(24)21-15-6-4-5-14(20)10-15/h4-10H,3,11H2,1-2H3,(H,21,24). The number of non-ortho nitro benzene ring substituents is 1. The zero-order valence-electron chi connectivity index (χ0n) is 15.7. The molecule has 2 aromatic carbocycles. The van der Waals surface area contributed by atoms with Crippen molar-refractivity contribution in [1.82, 2.24) is 4.90 Å². The molecule has 0 spiro atoms. The van der Waals surface area contributed by atoms with Gasteiger partial charge < -0.3 is 15.0 Å². The van der Waals surface area contributed by atoms with E-state index >= 15 is 0 Å². The quantitative estimate of drug-likeness (QED) is 0.418. The van der Waals surface area contributed by atoms with Crippen molar-refractivity contribution in [1.29, 1.82) is 0 Å². The van der Waals surface area contributed by atoms with Gasteiger partial charge in [-0.3, -0.25) is 19.7 Å². The number of hydrogen-bond donors (Lipinski definition) is 1. The molecule has 9 nitrogen and oxygen atoms in total. The fourth-order valence-electron chi connectivity index (χ4n) is 2.45. The average Bonchev–Trinajstić information content (AvgIpc) is 2.67. The molecule has 0 unspecified atom stereocenters. The Kier molecular flexibility index (Phi) is 7.27. The van der Waals surface area contributed by atoms with Gasteiger partial charge in [-0.2, -0.15) is 0 Å². The van der Waals surface area contributed by atoms with Crippen molar-refractivity contribution < 1.29 is 24.0 Å². The van der Waals surface area contributed by atoms with E-state index < -0.39 is 28.4 Å². The van der Waals surface area contributed by atoms with Crippen LogP contribution in [0.25, 0.3) is 0 Å². The van der Waals surface area contributed by atoms with Crippen LogP contribution < -0.4 is 5.32 Å². The molecule has 0 radical (unpaired) electrons. The van der Waals surface area contributed by atoms with E-state index in [2.05, 4.69) is 5.32 Å². The minimum Gasteiger partial charge on any atom is -0.462 e. The summed E-state index contributed by atoms with van der Waals surface area (Å²) in [4.78, 5) is 48.2. The number of halogens is 1. The van der Waals surface area contributed by atoms with E-state index in [9.17, 15) is 24.5 Å². The van der Waals surface area contributed by atoms with Crippen LogP contribution in [0.5, 0.6) is 0 Å². The Morgan fingerprint density at radius 3 is 2.48 bits per heavy atom. The average molecular weight is 420 g/mol. The predicted octanol–water partition coefficient (Wildman–Crippen LogP) is 3.14. The highest BCUT2D eigenvalue weighted by molar-refractivity contribution is 6.30. The molecule has 0 aliphatic heterocycles. The molecule has 0 bridgehead atoms. The number of rotatable bonds is 7. The molecule has 2 aromatic rings. The summed E-state index contributed by atoms with van der Waals surface area (Å²) < 4.78 is 4.84. The lowest BCUT2D eigenvalue weighted by atomic mass is 10.1. The normalized spacial score (nSPS) is 10.2. The third-order valence-electron chi connectivity index (χ3n) is 3.72. The lowest BCUT2D eigenvalue weighted by molar-refractivity contribution is -0.384. The van der Waals surface area contributed by atoms with Crippen LogP contribution in [0.1, 0.15) is 27.6 Å². The summed E-state index contributed by atoms with van der Waals surface area (Å²) in [5.41, 5.74) is -0.208. The number of hydrogen-bond acceptors (Lipinski definition) is 6. The Morgan fingerprint density at radius 1 is 1.17 bits per heavy atom. The molecular formula is C19H18ClN3O6. The Labute approximate surface area is 171 Å². The lowest BCUT2D eigenvalue weighted by Gasteiger charge is -2.17. The van der Waals surface area contributed by atoms with Crippen LogP contribution in [0.4, 0.5) is 11.4 Å². The monoisotopic (exact) mass is 419 g/mol. The maximum absolute atomic E-state index is 12.6. The van der Waals surface area contributed by atoms with E-state index in [1.165, 1.54) is 13.1 Å². The summed E-state index contributed by atoms with van der Waals surface area (Å²) in [6, 6.07) is 9.75. The van der Waals surface area contributed by atoms with Crippen LogP contribution in [-0.4, -0.2) is 47.8 Å². The third-order valence-corrected chi connectivity index (χ3v) is 3.96. The van der Waals surface area contributed by atoms with E-state index in [0.29, 0.717) is 10.7 Å². The number of benzene rings is 2. The number of nitro groups is 1. The number of likely N-dealkylation sites (N-methyl/N-ethyl adjacent to an activating group) is 1. The lowest BCUT2D eigenvalue weighted by Crippen LogP contribution is -2.35. The van der Waals surface area contributed by atoms with Crippen LogP contribution in [0.2, 0.25) is 5.02 Å². The molecule has 10 heteroatoms. The number of nitrogens with zero attached hydrogens (tertiary/aromatic N) is 2. The van der Waals surface area contributed by atoms with Gasteiger partial charge in [0.1, 0.15) is 0 Å². The molecule has 0 saturated heterocycles. The molecule has 0 fully saturated rings. The van der Waals surface area contributed by atoms with Crippen molar-refractivity contribution in [2.75, 3.05) is 25.5 Å². The summed E-state index contributed by atoms with van der Waals surface area (Å²) in [6.45, 7) is 1.35. The summed E-state index contributed by atoms with van der Waals surface area (Å²) in [5, 5.41) is 14.2. The van der Waals surface area contributed by atoms with Gasteiger partial charge in [0.25, 0.3) is 11.6 Å². The molecule has 1 N–H and O–H groups in total. The molecule has 29 heavy (non-hydrogen) atoms. The van der Waals surface area contributed by atoms with Gasteiger partial charge in [-0.25, -0.2) is 4.79 Å². The summed E-state index contributed by atoms with van der Waals surface area (Å²) in [5.74, 6) is -1.94. The first-order chi connectivity index (χ1) is 13.7. The van der Waals surface area contributed by atoms with Crippen LogP contribution in [0, 0.1) is 10.1 Å². The van der Waals surface area contributed by atoms with E-state index in [0.717, 1.165) is 17.0 Å². The number of esters is 1. The highest BCUT2D eigenvalue weighted by Crippen LogP contribution is 2.20. The van der Waals surface area contributed by atoms with Gasteiger partial charge >= 0.3 is 5.97 Å².